The molecule has 6 nitrogen and oxygen atoms in total. The van der Waals surface area contributed by atoms with Crippen LogP contribution in [0, 0.1) is 0 Å². The van der Waals surface area contributed by atoms with Crippen LogP contribution in [-0.4, -0.2) is 45.5 Å². The van der Waals surface area contributed by atoms with Gasteiger partial charge in [-0.3, -0.25) is 0 Å². The average molecular weight is 399 g/mol. The zero-order valence-electron chi connectivity index (χ0n) is 14.7. The van der Waals surface area contributed by atoms with Crippen molar-refractivity contribution >= 4 is 22.4 Å². The Bertz CT molecular complexity index is 810. The van der Waals surface area contributed by atoms with Gasteiger partial charge in [-0.15, -0.1) is 12.4 Å². The lowest BCUT2D eigenvalue weighted by molar-refractivity contribution is 0.284. The van der Waals surface area contributed by atoms with Crippen LogP contribution in [0.5, 0.6) is 17.2 Å². The fraction of sp³-hybridized carbons (Fsp3) is 0.333. The van der Waals surface area contributed by atoms with Gasteiger partial charge in [-0.25, -0.2) is 8.42 Å². The molecule has 0 saturated carbocycles. The Morgan fingerprint density at radius 2 is 1.54 bits per heavy atom. The molecule has 3 rings (SSSR count). The van der Waals surface area contributed by atoms with E-state index < -0.39 is 10.0 Å². The summed E-state index contributed by atoms with van der Waals surface area (Å²) in [6.45, 7) is 3.72. The molecule has 0 radical (unpaired) electrons. The number of halogens is 1. The Labute approximate surface area is 160 Å². The minimum absolute atomic E-state index is 0. The van der Waals surface area contributed by atoms with Gasteiger partial charge in [0.05, 0.1) is 12.0 Å². The minimum atomic E-state index is -3.49. The molecule has 1 unspecified atom stereocenters. The summed E-state index contributed by atoms with van der Waals surface area (Å²) in [5.74, 6) is 1.99. The predicted octanol–water partition coefficient (Wildman–Crippen LogP) is 2.89. The van der Waals surface area contributed by atoms with E-state index in [0.29, 0.717) is 31.1 Å². The van der Waals surface area contributed by atoms with Gasteiger partial charge in [-0.2, -0.15) is 4.31 Å². The molecule has 1 atom stereocenters. The number of sulfonamides is 1. The van der Waals surface area contributed by atoms with Crippen LogP contribution >= 0.6 is 12.4 Å². The molecule has 1 N–H and O–H groups in total. The zero-order chi connectivity index (χ0) is 17.9. The van der Waals surface area contributed by atoms with Gasteiger partial charge in [0, 0.05) is 25.7 Å². The molecule has 0 spiro atoms. The molecule has 1 saturated heterocycles. The van der Waals surface area contributed by atoms with E-state index in [9.17, 15) is 8.42 Å². The van der Waals surface area contributed by atoms with Gasteiger partial charge < -0.3 is 14.8 Å². The lowest BCUT2D eigenvalue weighted by atomic mass is 10.3. The van der Waals surface area contributed by atoms with Crippen LogP contribution in [0.4, 0.5) is 0 Å². The second kappa shape index (κ2) is 8.73. The molecule has 2 aromatic carbocycles. The summed E-state index contributed by atoms with van der Waals surface area (Å²) in [5.41, 5.74) is 0. The van der Waals surface area contributed by atoms with Crippen molar-refractivity contribution in [1.29, 1.82) is 0 Å². The van der Waals surface area contributed by atoms with E-state index in [1.165, 1.54) is 0 Å². The first-order valence-corrected chi connectivity index (χ1v) is 9.59. The van der Waals surface area contributed by atoms with Crippen molar-refractivity contribution in [3.8, 4) is 17.2 Å². The summed E-state index contributed by atoms with van der Waals surface area (Å²) in [6.07, 6.45) is 0. The predicted molar refractivity (Wildman–Crippen MR) is 103 cm³/mol. The SMILES string of the molecule is COc1ccc(Oc2ccc(S(=O)(=O)N3CCNCC3C)cc2)cc1.Cl. The average Bonchev–Trinajstić information content (AvgIpc) is 2.63. The van der Waals surface area contributed by atoms with Gasteiger partial charge in [0.25, 0.3) is 0 Å². The fourth-order valence-electron chi connectivity index (χ4n) is 2.77. The highest BCUT2D eigenvalue weighted by Crippen LogP contribution is 2.26. The Hall–Kier alpha value is -1.80. The highest BCUT2D eigenvalue weighted by molar-refractivity contribution is 7.89. The Kier molecular flexibility index (Phi) is 6.88. The van der Waals surface area contributed by atoms with Crippen molar-refractivity contribution in [2.75, 3.05) is 26.7 Å². The van der Waals surface area contributed by atoms with Gasteiger partial charge in [0.2, 0.25) is 10.0 Å². The molecular weight excluding hydrogens is 376 g/mol. The van der Waals surface area contributed by atoms with Crippen molar-refractivity contribution in [2.24, 2.45) is 0 Å². The molecule has 26 heavy (non-hydrogen) atoms. The van der Waals surface area contributed by atoms with Crippen molar-refractivity contribution in [2.45, 2.75) is 17.9 Å². The largest absolute Gasteiger partial charge is 0.497 e. The number of benzene rings is 2. The number of rotatable bonds is 5. The monoisotopic (exact) mass is 398 g/mol. The summed E-state index contributed by atoms with van der Waals surface area (Å²) in [6, 6.07) is 13.7. The zero-order valence-corrected chi connectivity index (χ0v) is 16.3. The minimum Gasteiger partial charge on any atom is -0.497 e. The molecule has 1 fully saturated rings. The fourth-order valence-corrected chi connectivity index (χ4v) is 4.41. The van der Waals surface area contributed by atoms with Gasteiger partial charge in [-0.1, -0.05) is 0 Å². The number of hydrogen-bond acceptors (Lipinski definition) is 5. The van der Waals surface area contributed by atoms with Gasteiger partial charge in [0.1, 0.15) is 17.2 Å². The second-order valence-corrected chi connectivity index (χ2v) is 7.81. The van der Waals surface area contributed by atoms with E-state index in [1.54, 1.807) is 59.9 Å². The summed E-state index contributed by atoms with van der Waals surface area (Å²) in [5, 5.41) is 3.20. The Balaban J connectivity index is 0.00000243. The molecule has 2 aromatic rings. The first kappa shape index (κ1) is 20.5. The lowest BCUT2D eigenvalue weighted by Crippen LogP contribution is -2.52. The molecule has 0 aliphatic carbocycles. The summed E-state index contributed by atoms with van der Waals surface area (Å²) in [7, 11) is -1.88. The van der Waals surface area contributed by atoms with E-state index in [-0.39, 0.29) is 23.3 Å². The third-order valence-corrected chi connectivity index (χ3v) is 6.19. The second-order valence-electron chi connectivity index (χ2n) is 5.92. The van der Waals surface area contributed by atoms with Crippen molar-refractivity contribution < 1.29 is 17.9 Å². The van der Waals surface area contributed by atoms with Crippen molar-refractivity contribution in [1.82, 2.24) is 9.62 Å². The molecule has 142 valence electrons. The molecule has 1 aliphatic rings. The first-order chi connectivity index (χ1) is 12.0. The van der Waals surface area contributed by atoms with E-state index in [1.807, 2.05) is 6.92 Å². The first-order valence-electron chi connectivity index (χ1n) is 8.15. The van der Waals surface area contributed by atoms with Crippen molar-refractivity contribution in [3.63, 3.8) is 0 Å². The highest BCUT2D eigenvalue weighted by atomic mass is 35.5. The maximum atomic E-state index is 12.8. The standard InChI is InChI=1S/C18H22N2O4S.ClH/c1-14-13-19-11-12-20(14)25(21,22)18-9-7-17(8-10-18)24-16-5-3-15(23-2)4-6-16;/h3-10,14,19H,11-13H2,1-2H3;1H. The van der Waals surface area contributed by atoms with Crippen LogP contribution < -0.4 is 14.8 Å². The number of nitrogens with zero attached hydrogens (tertiary/aromatic N) is 1. The van der Waals surface area contributed by atoms with Crippen LogP contribution in [0.1, 0.15) is 6.92 Å². The molecule has 1 aliphatic heterocycles. The number of ether oxygens (including phenoxy) is 2. The molecule has 8 heteroatoms. The van der Waals surface area contributed by atoms with Gasteiger partial charge >= 0.3 is 0 Å². The number of piperazine rings is 1. The maximum absolute atomic E-state index is 12.8. The third kappa shape index (κ3) is 4.48. The number of methoxy groups -OCH3 is 1. The van der Waals surface area contributed by atoms with E-state index in [0.717, 1.165) is 5.75 Å². The Morgan fingerprint density at radius 3 is 2.08 bits per heavy atom. The molecular formula is C18H23ClN2O4S. The van der Waals surface area contributed by atoms with Crippen LogP contribution in [0.15, 0.2) is 53.4 Å². The van der Waals surface area contributed by atoms with Crippen LogP contribution in [0.25, 0.3) is 0 Å². The van der Waals surface area contributed by atoms with Gasteiger partial charge in [0.15, 0.2) is 0 Å². The summed E-state index contributed by atoms with van der Waals surface area (Å²) >= 11 is 0. The van der Waals surface area contributed by atoms with Crippen LogP contribution in [-0.2, 0) is 10.0 Å². The quantitative estimate of drug-likeness (QED) is 0.838. The highest BCUT2D eigenvalue weighted by Gasteiger charge is 2.30. The van der Waals surface area contributed by atoms with E-state index in [4.69, 9.17) is 9.47 Å². The summed E-state index contributed by atoms with van der Waals surface area (Å²) in [4.78, 5) is 0.281. The molecule has 0 amide bonds. The molecule has 0 aromatic heterocycles. The normalized spacial score (nSPS) is 18.0. The summed E-state index contributed by atoms with van der Waals surface area (Å²) < 4.78 is 38.0. The van der Waals surface area contributed by atoms with E-state index in [2.05, 4.69) is 5.32 Å². The lowest BCUT2D eigenvalue weighted by Gasteiger charge is -2.32. The third-order valence-electron chi connectivity index (χ3n) is 4.17. The number of hydrogen-bond donors (Lipinski definition) is 1. The van der Waals surface area contributed by atoms with Crippen molar-refractivity contribution in [3.05, 3.63) is 48.5 Å². The molecule has 1 heterocycles. The smallest absolute Gasteiger partial charge is 0.243 e. The maximum Gasteiger partial charge on any atom is 0.243 e. The Morgan fingerprint density at radius 1 is 1.00 bits per heavy atom. The topological polar surface area (TPSA) is 67.9 Å². The molecule has 0 bridgehead atoms. The van der Waals surface area contributed by atoms with E-state index >= 15 is 0 Å². The van der Waals surface area contributed by atoms with Crippen LogP contribution in [0.2, 0.25) is 0 Å². The van der Waals surface area contributed by atoms with Crippen LogP contribution in [0.3, 0.4) is 0 Å². The van der Waals surface area contributed by atoms with Gasteiger partial charge in [-0.05, 0) is 55.5 Å². The number of nitrogens with one attached hydrogen (secondary N) is 1.